The number of nitriles is 1. The van der Waals surface area contributed by atoms with Crippen LogP contribution in [0.5, 0.6) is 0 Å². The Labute approximate surface area is 89.1 Å². The topological polar surface area (TPSA) is 100 Å². The third-order valence-corrected chi connectivity index (χ3v) is 1.92. The molecule has 0 radical (unpaired) electrons. The minimum Gasteiger partial charge on any atom is -0.481 e. The number of nitrogens with two attached hydrogens (primary N) is 1. The van der Waals surface area contributed by atoms with Crippen molar-refractivity contribution in [3.63, 3.8) is 0 Å². The van der Waals surface area contributed by atoms with Gasteiger partial charge < -0.3 is 10.8 Å². The second-order valence-corrected chi connectivity index (χ2v) is 2.93. The van der Waals surface area contributed by atoms with Crippen molar-refractivity contribution in [2.24, 2.45) is 0 Å². The van der Waals surface area contributed by atoms with E-state index in [1.807, 2.05) is 0 Å². The molecule has 0 spiro atoms. The molecule has 5 nitrogen and oxygen atoms in total. The van der Waals surface area contributed by atoms with Crippen LogP contribution in [0.25, 0.3) is 0 Å². The lowest BCUT2D eigenvalue weighted by Crippen LogP contribution is -2.10. The molecule has 0 fully saturated rings. The minimum absolute atomic E-state index is 0.295. The molecule has 1 rings (SSSR count). The molecule has 0 aromatic carbocycles. The monoisotopic (exact) mass is 227 g/mol. The van der Waals surface area contributed by atoms with Crippen molar-refractivity contribution >= 4 is 11.8 Å². The first-order chi connectivity index (χ1) is 7.47. The normalized spacial score (nSPS) is 10.1. The molecule has 0 saturated heterocycles. The van der Waals surface area contributed by atoms with Crippen LogP contribution >= 0.6 is 0 Å². The van der Waals surface area contributed by atoms with Crippen LogP contribution in [0.1, 0.15) is 23.1 Å². The van der Waals surface area contributed by atoms with E-state index in [9.17, 15) is 13.6 Å². The van der Waals surface area contributed by atoms with E-state index in [1.165, 1.54) is 6.07 Å². The number of halogens is 2. The van der Waals surface area contributed by atoms with Gasteiger partial charge in [0.15, 0.2) is 0 Å². The first-order valence-corrected chi connectivity index (χ1v) is 4.14. The summed E-state index contributed by atoms with van der Waals surface area (Å²) in [5.41, 5.74) is 3.99. The van der Waals surface area contributed by atoms with Gasteiger partial charge in [-0.25, -0.2) is 13.8 Å². The maximum absolute atomic E-state index is 12.7. The van der Waals surface area contributed by atoms with Crippen molar-refractivity contribution in [1.82, 2.24) is 4.98 Å². The number of nitrogens with zero attached hydrogens (tertiary/aromatic N) is 2. The number of hydrogen-bond donors (Lipinski definition) is 2. The lowest BCUT2D eigenvalue weighted by atomic mass is 10.0. The molecule has 0 saturated carbocycles. The van der Waals surface area contributed by atoms with Crippen molar-refractivity contribution in [2.45, 2.75) is 12.8 Å². The quantitative estimate of drug-likeness (QED) is 0.805. The molecule has 1 aromatic heterocycles. The van der Waals surface area contributed by atoms with Crippen LogP contribution in [-0.2, 0) is 11.2 Å². The Balaban J connectivity index is 3.43. The molecule has 0 amide bonds. The van der Waals surface area contributed by atoms with Gasteiger partial charge in [0.1, 0.15) is 11.9 Å². The van der Waals surface area contributed by atoms with Crippen LogP contribution in [0.3, 0.4) is 0 Å². The summed E-state index contributed by atoms with van der Waals surface area (Å²) in [4.78, 5) is 14.0. The van der Waals surface area contributed by atoms with Crippen molar-refractivity contribution in [3.05, 3.63) is 22.9 Å². The lowest BCUT2D eigenvalue weighted by Gasteiger charge is -2.10. The number of rotatable bonds is 3. The van der Waals surface area contributed by atoms with E-state index in [2.05, 4.69) is 4.98 Å². The highest BCUT2D eigenvalue weighted by molar-refractivity contribution is 5.73. The molecule has 0 unspecified atom stereocenters. The van der Waals surface area contributed by atoms with Crippen molar-refractivity contribution in [3.8, 4) is 6.07 Å². The zero-order valence-electron chi connectivity index (χ0n) is 7.94. The van der Waals surface area contributed by atoms with Crippen LogP contribution in [0.2, 0.25) is 0 Å². The zero-order valence-corrected chi connectivity index (χ0v) is 7.94. The van der Waals surface area contributed by atoms with Gasteiger partial charge in [0, 0.05) is 17.3 Å². The molecule has 84 valence electrons. The second kappa shape index (κ2) is 4.53. The van der Waals surface area contributed by atoms with Gasteiger partial charge in [0.25, 0.3) is 6.43 Å². The molecule has 7 heteroatoms. The van der Waals surface area contributed by atoms with Crippen LogP contribution < -0.4 is 5.73 Å². The van der Waals surface area contributed by atoms with E-state index in [0.29, 0.717) is 0 Å². The Morgan fingerprint density at radius 3 is 2.75 bits per heavy atom. The third kappa shape index (κ3) is 2.23. The van der Waals surface area contributed by atoms with E-state index in [1.54, 1.807) is 0 Å². The van der Waals surface area contributed by atoms with E-state index < -0.39 is 24.4 Å². The van der Waals surface area contributed by atoms with Crippen LogP contribution in [0.15, 0.2) is 6.20 Å². The molecular weight excluding hydrogens is 220 g/mol. The largest absolute Gasteiger partial charge is 0.481 e. The fraction of sp³-hybridized carbons (Fsp3) is 0.222. The molecule has 0 bridgehead atoms. The summed E-state index contributed by atoms with van der Waals surface area (Å²) in [6.45, 7) is 0. The summed E-state index contributed by atoms with van der Waals surface area (Å²) < 4.78 is 25.4. The molecule has 0 atom stereocenters. The Kier molecular flexibility index (Phi) is 3.35. The van der Waals surface area contributed by atoms with Crippen molar-refractivity contribution in [1.29, 1.82) is 5.26 Å². The predicted octanol–water partition coefficient (Wildman–Crippen LogP) is 1.10. The Morgan fingerprint density at radius 1 is 1.69 bits per heavy atom. The summed E-state index contributed by atoms with van der Waals surface area (Å²) in [5.74, 6) is -1.61. The Morgan fingerprint density at radius 2 is 2.31 bits per heavy atom. The molecule has 0 aliphatic carbocycles. The van der Waals surface area contributed by atoms with Gasteiger partial charge in [0.05, 0.1) is 12.0 Å². The molecule has 1 heterocycles. The van der Waals surface area contributed by atoms with Gasteiger partial charge >= 0.3 is 5.97 Å². The molecule has 0 aliphatic heterocycles. The number of carbonyl (C=O) groups is 1. The highest BCUT2D eigenvalue weighted by atomic mass is 19.3. The Bertz CT molecular complexity index is 469. The van der Waals surface area contributed by atoms with Gasteiger partial charge in [0.2, 0.25) is 0 Å². The molecule has 3 N–H and O–H groups in total. The van der Waals surface area contributed by atoms with Gasteiger partial charge in [-0.15, -0.1) is 0 Å². The van der Waals surface area contributed by atoms with Gasteiger partial charge in [-0.05, 0) is 0 Å². The molecule has 1 aromatic rings. The fourth-order valence-electron chi connectivity index (χ4n) is 1.26. The average Bonchev–Trinajstić information content (AvgIpc) is 2.19. The van der Waals surface area contributed by atoms with Crippen LogP contribution in [-0.4, -0.2) is 16.1 Å². The SMILES string of the molecule is N#Cc1cnc(N)c(CC(=O)O)c1C(F)F. The molecule has 0 aliphatic rings. The summed E-state index contributed by atoms with van der Waals surface area (Å²) in [7, 11) is 0. The first kappa shape index (κ1) is 11.8. The molecule has 16 heavy (non-hydrogen) atoms. The minimum atomic E-state index is -2.96. The highest BCUT2D eigenvalue weighted by Gasteiger charge is 2.22. The summed E-state index contributed by atoms with van der Waals surface area (Å²) in [5, 5.41) is 17.2. The number of aromatic nitrogens is 1. The van der Waals surface area contributed by atoms with Gasteiger partial charge in [-0.2, -0.15) is 5.26 Å². The van der Waals surface area contributed by atoms with Crippen LogP contribution in [0.4, 0.5) is 14.6 Å². The summed E-state index contributed by atoms with van der Waals surface area (Å²) >= 11 is 0. The van der Waals surface area contributed by atoms with Crippen molar-refractivity contribution < 1.29 is 18.7 Å². The van der Waals surface area contributed by atoms with E-state index in [4.69, 9.17) is 16.1 Å². The highest BCUT2D eigenvalue weighted by Crippen LogP contribution is 2.29. The number of carboxylic acids is 1. The smallest absolute Gasteiger partial charge is 0.307 e. The number of hydrogen-bond acceptors (Lipinski definition) is 4. The third-order valence-electron chi connectivity index (χ3n) is 1.92. The summed E-state index contributed by atoms with van der Waals surface area (Å²) in [6, 6.07) is 1.53. The van der Waals surface area contributed by atoms with E-state index >= 15 is 0 Å². The number of carboxylic acid groups (broad SMARTS) is 1. The van der Waals surface area contributed by atoms with Gasteiger partial charge in [-0.3, -0.25) is 4.79 Å². The Hall–Kier alpha value is -2.23. The number of nitrogen functional groups attached to an aromatic ring is 1. The van der Waals surface area contributed by atoms with Crippen molar-refractivity contribution in [2.75, 3.05) is 5.73 Å². The van der Waals surface area contributed by atoms with E-state index in [-0.39, 0.29) is 16.9 Å². The number of anilines is 1. The number of alkyl halides is 2. The summed E-state index contributed by atoms with van der Waals surface area (Å²) in [6.07, 6.45) is -2.75. The zero-order chi connectivity index (χ0) is 12.3. The second-order valence-electron chi connectivity index (χ2n) is 2.93. The number of aliphatic carboxylic acids is 1. The van der Waals surface area contributed by atoms with Crippen LogP contribution in [0, 0.1) is 11.3 Å². The fourth-order valence-corrected chi connectivity index (χ4v) is 1.26. The standard InChI is InChI=1S/C9H7F2N3O2/c10-8(11)7-4(2-12)3-14-9(13)5(7)1-6(15)16/h3,8H,1H2,(H2,13,14)(H,15,16). The molecular formula is C9H7F2N3O2. The first-order valence-electron chi connectivity index (χ1n) is 4.14. The number of pyridine rings is 1. The lowest BCUT2D eigenvalue weighted by molar-refractivity contribution is -0.136. The maximum atomic E-state index is 12.7. The predicted molar refractivity (Wildman–Crippen MR) is 49.7 cm³/mol. The average molecular weight is 227 g/mol. The maximum Gasteiger partial charge on any atom is 0.307 e. The van der Waals surface area contributed by atoms with Gasteiger partial charge in [-0.1, -0.05) is 0 Å². The van der Waals surface area contributed by atoms with E-state index in [0.717, 1.165) is 6.20 Å².